The van der Waals surface area contributed by atoms with Gasteiger partial charge in [-0.25, -0.2) is 4.98 Å². The normalized spacial score (nSPS) is 15.0. The Morgan fingerprint density at radius 3 is 2.61 bits per heavy atom. The van der Waals surface area contributed by atoms with E-state index in [1.807, 2.05) is 30.3 Å². The van der Waals surface area contributed by atoms with Crippen molar-refractivity contribution in [3.8, 4) is 23.1 Å². The summed E-state index contributed by atoms with van der Waals surface area (Å²) in [7, 11) is 7.62. The second-order valence-corrected chi connectivity index (χ2v) is 9.14. The quantitative estimate of drug-likeness (QED) is 0.537. The maximum absolute atomic E-state index is 13.3. The van der Waals surface area contributed by atoms with Crippen LogP contribution in [-0.2, 0) is 13.1 Å². The maximum Gasteiger partial charge on any atom is 0.259 e. The number of carbonyl (C=O) groups excluding carboxylic acids is 1. The second-order valence-electron chi connectivity index (χ2n) is 9.14. The molecule has 0 radical (unpaired) electrons. The van der Waals surface area contributed by atoms with Gasteiger partial charge in [-0.2, -0.15) is 0 Å². The van der Waals surface area contributed by atoms with E-state index in [9.17, 15) is 4.79 Å². The minimum atomic E-state index is -0.138. The average Bonchev–Trinajstić information content (AvgIpc) is 2.88. The van der Waals surface area contributed by atoms with Crippen LogP contribution in [0.1, 0.15) is 21.5 Å². The number of aromatic nitrogens is 1. The molecule has 0 atom stereocenters. The predicted octanol–water partition coefficient (Wildman–Crippen LogP) is 3.91. The topological polar surface area (TPSA) is 67.4 Å². The van der Waals surface area contributed by atoms with Gasteiger partial charge in [0.15, 0.2) is 11.5 Å². The maximum atomic E-state index is 13.3. The molecule has 190 valence electrons. The van der Waals surface area contributed by atoms with E-state index in [1.54, 1.807) is 37.4 Å². The zero-order chi connectivity index (χ0) is 25.5. The number of rotatable bonds is 5. The molecule has 8 heteroatoms. The first kappa shape index (κ1) is 25.5. The van der Waals surface area contributed by atoms with E-state index in [0.717, 1.165) is 17.9 Å². The van der Waals surface area contributed by atoms with E-state index in [4.69, 9.17) is 14.2 Å². The predicted molar refractivity (Wildman–Crippen MR) is 139 cm³/mol. The summed E-state index contributed by atoms with van der Waals surface area (Å²) in [5.74, 6) is 2.12. The van der Waals surface area contributed by atoms with Gasteiger partial charge in [-0.1, -0.05) is 18.2 Å². The number of fused-ring (bicyclic) bond motifs is 2. The fraction of sp³-hybridized carbons (Fsp3) is 0.357. The van der Waals surface area contributed by atoms with E-state index in [0.29, 0.717) is 49.8 Å². The first-order valence-corrected chi connectivity index (χ1v) is 12.1. The molecule has 3 aromatic rings. The fourth-order valence-electron chi connectivity index (χ4n) is 4.21. The van der Waals surface area contributed by atoms with Crippen LogP contribution in [0, 0.1) is 0 Å². The Balaban J connectivity index is 1.62. The van der Waals surface area contributed by atoms with Gasteiger partial charge in [-0.3, -0.25) is 9.69 Å². The second kappa shape index (κ2) is 11.9. The van der Waals surface area contributed by atoms with Gasteiger partial charge in [0.25, 0.3) is 5.91 Å². The summed E-state index contributed by atoms with van der Waals surface area (Å²) < 4.78 is 17.9. The van der Waals surface area contributed by atoms with Crippen molar-refractivity contribution in [1.82, 2.24) is 19.7 Å². The molecule has 36 heavy (non-hydrogen) atoms. The highest BCUT2D eigenvalue weighted by molar-refractivity contribution is 5.96. The highest BCUT2D eigenvalue weighted by Crippen LogP contribution is 2.32. The van der Waals surface area contributed by atoms with Gasteiger partial charge in [0.1, 0.15) is 17.9 Å². The summed E-state index contributed by atoms with van der Waals surface area (Å²) in [6.45, 7) is 3.87. The summed E-state index contributed by atoms with van der Waals surface area (Å²) >= 11 is 0. The summed E-state index contributed by atoms with van der Waals surface area (Å²) in [6, 6.07) is 17.3. The molecule has 1 aliphatic heterocycles. The Morgan fingerprint density at radius 2 is 1.83 bits per heavy atom. The number of amides is 1. The van der Waals surface area contributed by atoms with Gasteiger partial charge < -0.3 is 24.0 Å². The number of methoxy groups -OCH3 is 1. The highest BCUT2D eigenvalue weighted by atomic mass is 16.5. The van der Waals surface area contributed by atoms with Crippen LogP contribution in [0.15, 0.2) is 60.8 Å². The molecule has 0 N–H and O–H groups in total. The van der Waals surface area contributed by atoms with Crippen molar-refractivity contribution in [2.75, 3.05) is 54.5 Å². The number of hydrogen-bond acceptors (Lipinski definition) is 7. The molecule has 2 heterocycles. The van der Waals surface area contributed by atoms with Crippen molar-refractivity contribution >= 4 is 5.91 Å². The van der Waals surface area contributed by atoms with Crippen LogP contribution in [0.5, 0.6) is 23.1 Å². The molecule has 4 rings (SSSR count). The number of hydrogen-bond donors (Lipinski definition) is 0. The number of carbonyl (C=O) groups is 1. The van der Waals surface area contributed by atoms with Crippen LogP contribution in [0.3, 0.4) is 0 Å². The summed E-state index contributed by atoms with van der Waals surface area (Å²) in [5.41, 5.74) is 2.74. The summed E-state index contributed by atoms with van der Waals surface area (Å²) in [4.78, 5) is 23.8. The van der Waals surface area contributed by atoms with Crippen molar-refractivity contribution in [1.29, 1.82) is 0 Å². The molecular weight excluding hydrogens is 456 g/mol. The lowest BCUT2D eigenvalue weighted by molar-refractivity contribution is 0.0770. The largest absolute Gasteiger partial charge is 0.496 e. The fourth-order valence-corrected chi connectivity index (χ4v) is 4.21. The van der Waals surface area contributed by atoms with Crippen molar-refractivity contribution in [2.24, 2.45) is 0 Å². The van der Waals surface area contributed by atoms with Gasteiger partial charge in [-0.05, 0) is 56.1 Å². The van der Waals surface area contributed by atoms with Crippen molar-refractivity contribution in [3.63, 3.8) is 0 Å². The third-order valence-electron chi connectivity index (χ3n) is 6.06. The molecule has 8 nitrogen and oxygen atoms in total. The molecule has 0 saturated heterocycles. The molecular formula is C28H34N4O4. The van der Waals surface area contributed by atoms with Gasteiger partial charge >= 0.3 is 0 Å². The van der Waals surface area contributed by atoms with Crippen molar-refractivity contribution < 1.29 is 19.0 Å². The molecule has 0 spiro atoms. The third kappa shape index (κ3) is 6.33. The zero-order valence-corrected chi connectivity index (χ0v) is 21.4. The number of likely N-dealkylation sites (N-methyl/N-ethyl adjacent to an activating group) is 1. The van der Waals surface area contributed by atoms with Crippen LogP contribution >= 0.6 is 0 Å². The number of nitrogens with zero attached hydrogens (tertiary/aromatic N) is 4. The molecule has 1 aromatic heterocycles. The lowest BCUT2D eigenvalue weighted by atomic mass is 10.1. The Labute approximate surface area is 213 Å². The third-order valence-corrected chi connectivity index (χ3v) is 6.06. The standard InChI is InChI=1S/C28H34N4O4/c1-30(2)19-21-11-12-24(34-4)22(18-21)20-32-15-14-31(3)28(33)23-8-7-13-29-27(23)36-26-10-6-5-9-25(26)35-17-16-32/h5-13,18H,14-17,19-20H2,1-4H3. The van der Waals surface area contributed by atoms with Crippen molar-refractivity contribution in [3.05, 3.63) is 77.5 Å². The van der Waals surface area contributed by atoms with E-state index in [2.05, 4.69) is 41.0 Å². The molecule has 0 bridgehead atoms. The molecule has 0 aliphatic carbocycles. The Hall–Kier alpha value is -3.62. The van der Waals surface area contributed by atoms with E-state index >= 15 is 0 Å². The average molecular weight is 491 g/mol. The van der Waals surface area contributed by atoms with Crippen LogP contribution in [-0.4, -0.2) is 80.1 Å². The molecule has 1 aliphatic rings. The molecule has 1 amide bonds. The summed E-state index contributed by atoms with van der Waals surface area (Å²) in [5, 5.41) is 0. The van der Waals surface area contributed by atoms with Crippen LogP contribution in [0.4, 0.5) is 0 Å². The van der Waals surface area contributed by atoms with Crippen LogP contribution < -0.4 is 14.2 Å². The molecule has 0 fully saturated rings. The lowest BCUT2D eigenvalue weighted by Gasteiger charge is -2.26. The smallest absolute Gasteiger partial charge is 0.259 e. The molecule has 2 aromatic carbocycles. The monoisotopic (exact) mass is 490 g/mol. The number of pyridine rings is 1. The summed E-state index contributed by atoms with van der Waals surface area (Å²) in [6.07, 6.45) is 1.62. The molecule has 0 saturated carbocycles. The first-order chi connectivity index (χ1) is 17.4. The van der Waals surface area contributed by atoms with Crippen LogP contribution in [0.25, 0.3) is 0 Å². The Morgan fingerprint density at radius 1 is 1.03 bits per heavy atom. The Bertz CT molecular complexity index is 1180. The number of benzene rings is 2. The zero-order valence-electron chi connectivity index (χ0n) is 21.4. The first-order valence-electron chi connectivity index (χ1n) is 12.1. The minimum Gasteiger partial charge on any atom is -0.496 e. The van der Waals surface area contributed by atoms with Gasteiger partial charge in [-0.15, -0.1) is 0 Å². The highest BCUT2D eigenvalue weighted by Gasteiger charge is 2.21. The van der Waals surface area contributed by atoms with Crippen LogP contribution in [0.2, 0.25) is 0 Å². The van der Waals surface area contributed by atoms with Gasteiger partial charge in [0.05, 0.1) is 7.11 Å². The minimum absolute atomic E-state index is 0.138. The Kier molecular flexibility index (Phi) is 8.40. The molecule has 0 unspecified atom stereocenters. The van der Waals surface area contributed by atoms with Crippen molar-refractivity contribution in [2.45, 2.75) is 13.1 Å². The van der Waals surface area contributed by atoms with E-state index in [-0.39, 0.29) is 11.8 Å². The van der Waals surface area contributed by atoms with Gasteiger partial charge in [0, 0.05) is 51.5 Å². The number of para-hydroxylation sites is 2. The lowest BCUT2D eigenvalue weighted by Crippen LogP contribution is -2.38. The number of ether oxygens (including phenoxy) is 3. The van der Waals surface area contributed by atoms with Gasteiger partial charge in [0.2, 0.25) is 5.88 Å². The van der Waals surface area contributed by atoms with E-state index < -0.39 is 0 Å². The SMILES string of the molecule is COc1ccc(CN(C)C)cc1CN1CCOc2ccccc2Oc2ncccc2C(=O)N(C)CC1. The van der Waals surface area contributed by atoms with E-state index in [1.165, 1.54) is 5.56 Å².